The van der Waals surface area contributed by atoms with Crippen LogP contribution < -0.4 is 5.73 Å². The molecular formula is C13H18N4O4. The normalized spacial score (nSPS) is 9.95. The van der Waals surface area contributed by atoms with Gasteiger partial charge >= 0.3 is 12.0 Å². The lowest BCUT2D eigenvalue weighted by molar-refractivity contribution is -0.138. The molecule has 0 aromatic carbocycles. The molecule has 0 spiro atoms. The zero-order valence-electron chi connectivity index (χ0n) is 11.7. The third-order valence-corrected chi connectivity index (χ3v) is 2.67. The summed E-state index contributed by atoms with van der Waals surface area (Å²) in [5.41, 5.74) is 5.71. The van der Waals surface area contributed by atoms with Crippen molar-refractivity contribution in [1.82, 2.24) is 14.8 Å². The van der Waals surface area contributed by atoms with Gasteiger partial charge in [0, 0.05) is 12.7 Å². The topological polar surface area (TPSA) is 117 Å². The number of primary amides is 1. The van der Waals surface area contributed by atoms with Gasteiger partial charge in [0.15, 0.2) is 0 Å². The van der Waals surface area contributed by atoms with E-state index in [1.54, 1.807) is 31.3 Å². The maximum absolute atomic E-state index is 12.3. The highest BCUT2D eigenvalue weighted by Crippen LogP contribution is 2.05. The Morgan fingerprint density at radius 1 is 1.24 bits per heavy atom. The van der Waals surface area contributed by atoms with Gasteiger partial charge in [0.25, 0.3) is 0 Å². The number of rotatable bonds is 7. The lowest BCUT2D eigenvalue weighted by atomic mass is 10.3. The highest BCUT2D eigenvalue weighted by molar-refractivity contribution is 5.85. The Hall–Kier alpha value is -2.64. The van der Waals surface area contributed by atoms with Crippen LogP contribution in [0.3, 0.4) is 0 Å². The first-order chi connectivity index (χ1) is 9.93. The Labute approximate surface area is 122 Å². The number of nitrogens with two attached hydrogens (primary N) is 1. The Kier molecular flexibility index (Phi) is 6.12. The number of hydrogen-bond donors (Lipinski definition) is 2. The fraction of sp³-hybridized carbons (Fsp3) is 0.385. The number of aliphatic carboxylic acids is 1. The summed E-state index contributed by atoms with van der Waals surface area (Å²) < 4.78 is 0. The Morgan fingerprint density at radius 3 is 2.43 bits per heavy atom. The van der Waals surface area contributed by atoms with Crippen LogP contribution in [0.5, 0.6) is 0 Å². The Bertz CT molecular complexity index is 490. The SMILES string of the molecule is CCN(Cc1ccccn1)C(=O)N(CC(N)=O)CC(=O)O. The zero-order valence-corrected chi connectivity index (χ0v) is 11.7. The number of carboxylic acids is 1. The molecule has 1 aromatic heterocycles. The first kappa shape index (κ1) is 16.4. The predicted molar refractivity (Wildman–Crippen MR) is 74.1 cm³/mol. The molecule has 1 rings (SSSR count). The maximum Gasteiger partial charge on any atom is 0.323 e. The van der Waals surface area contributed by atoms with E-state index in [0.29, 0.717) is 12.2 Å². The predicted octanol–water partition coefficient (Wildman–Crippen LogP) is -0.105. The fourth-order valence-electron chi connectivity index (χ4n) is 1.74. The summed E-state index contributed by atoms with van der Waals surface area (Å²) in [6, 6.07) is 4.74. The van der Waals surface area contributed by atoms with E-state index in [-0.39, 0.29) is 6.54 Å². The van der Waals surface area contributed by atoms with E-state index in [2.05, 4.69) is 4.98 Å². The standard InChI is InChI=1S/C13H18N4O4/c1-2-16(7-10-5-3-4-6-15-10)13(21)17(8-11(14)18)9-12(19)20/h3-6H,2,7-9H2,1H3,(H2,14,18)(H,19,20). The van der Waals surface area contributed by atoms with E-state index < -0.39 is 31.0 Å². The van der Waals surface area contributed by atoms with Gasteiger partial charge in [-0.3, -0.25) is 14.6 Å². The van der Waals surface area contributed by atoms with Gasteiger partial charge in [-0.2, -0.15) is 0 Å². The molecule has 21 heavy (non-hydrogen) atoms. The van der Waals surface area contributed by atoms with Crippen LogP contribution in [0.2, 0.25) is 0 Å². The molecule has 0 aliphatic rings. The molecule has 0 saturated heterocycles. The van der Waals surface area contributed by atoms with E-state index >= 15 is 0 Å². The van der Waals surface area contributed by atoms with Crippen LogP contribution in [0, 0.1) is 0 Å². The molecule has 3 N–H and O–H groups in total. The molecule has 114 valence electrons. The number of carboxylic acid groups (broad SMARTS) is 1. The molecule has 0 fully saturated rings. The molecule has 1 heterocycles. The summed E-state index contributed by atoms with van der Waals surface area (Å²) in [7, 11) is 0. The fourth-order valence-corrected chi connectivity index (χ4v) is 1.74. The van der Waals surface area contributed by atoms with Crippen LogP contribution in [-0.4, -0.2) is 57.4 Å². The van der Waals surface area contributed by atoms with Crippen molar-refractivity contribution in [2.75, 3.05) is 19.6 Å². The number of pyridine rings is 1. The van der Waals surface area contributed by atoms with Crippen molar-refractivity contribution in [3.63, 3.8) is 0 Å². The second-order valence-electron chi connectivity index (χ2n) is 4.33. The maximum atomic E-state index is 12.3. The average Bonchev–Trinajstić information content (AvgIpc) is 2.43. The number of carbonyl (C=O) groups is 3. The quantitative estimate of drug-likeness (QED) is 0.728. The molecular weight excluding hydrogens is 276 g/mol. The molecule has 0 bridgehead atoms. The number of amides is 3. The molecule has 8 heteroatoms. The summed E-state index contributed by atoms with van der Waals surface area (Å²) in [4.78, 5) is 40.5. The van der Waals surface area contributed by atoms with Gasteiger partial charge in [-0.15, -0.1) is 0 Å². The lowest BCUT2D eigenvalue weighted by Gasteiger charge is -2.28. The van der Waals surface area contributed by atoms with Crippen molar-refractivity contribution < 1.29 is 19.5 Å². The van der Waals surface area contributed by atoms with Crippen molar-refractivity contribution in [2.45, 2.75) is 13.5 Å². The van der Waals surface area contributed by atoms with Gasteiger partial charge < -0.3 is 20.6 Å². The van der Waals surface area contributed by atoms with Crippen LogP contribution in [0.15, 0.2) is 24.4 Å². The van der Waals surface area contributed by atoms with Gasteiger partial charge in [0.05, 0.1) is 12.2 Å². The number of nitrogens with zero attached hydrogens (tertiary/aromatic N) is 3. The molecule has 0 aliphatic carbocycles. The summed E-state index contributed by atoms with van der Waals surface area (Å²) >= 11 is 0. The summed E-state index contributed by atoms with van der Waals surface area (Å²) in [6.07, 6.45) is 1.60. The minimum Gasteiger partial charge on any atom is -0.480 e. The monoisotopic (exact) mass is 294 g/mol. The third-order valence-electron chi connectivity index (χ3n) is 2.67. The summed E-state index contributed by atoms with van der Waals surface area (Å²) in [5.74, 6) is -1.98. The first-order valence-corrected chi connectivity index (χ1v) is 6.38. The Morgan fingerprint density at radius 2 is 1.95 bits per heavy atom. The number of hydrogen-bond acceptors (Lipinski definition) is 4. The van der Waals surface area contributed by atoms with Crippen LogP contribution in [0.4, 0.5) is 4.79 Å². The molecule has 0 saturated carbocycles. The Balaban J connectivity index is 2.82. The van der Waals surface area contributed by atoms with Crippen molar-refractivity contribution in [1.29, 1.82) is 0 Å². The minimum atomic E-state index is -1.21. The molecule has 0 aliphatic heterocycles. The van der Waals surface area contributed by atoms with Gasteiger partial charge in [0.1, 0.15) is 13.1 Å². The van der Waals surface area contributed by atoms with Gasteiger partial charge in [0.2, 0.25) is 5.91 Å². The summed E-state index contributed by atoms with van der Waals surface area (Å²) in [6.45, 7) is 1.31. The van der Waals surface area contributed by atoms with E-state index in [1.807, 2.05) is 0 Å². The molecule has 0 radical (unpaired) electrons. The molecule has 1 aromatic rings. The van der Waals surface area contributed by atoms with E-state index in [0.717, 1.165) is 4.90 Å². The smallest absolute Gasteiger partial charge is 0.323 e. The molecule has 0 atom stereocenters. The second kappa shape index (κ2) is 7.83. The average molecular weight is 294 g/mol. The highest BCUT2D eigenvalue weighted by Gasteiger charge is 2.23. The largest absolute Gasteiger partial charge is 0.480 e. The number of aromatic nitrogens is 1. The van der Waals surface area contributed by atoms with Crippen molar-refractivity contribution in [3.05, 3.63) is 30.1 Å². The molecule has 3 amide bonds. The molecule has 8 nitrogen and oxygen atoms in total. The zero-order chi connectivity index (χ0) is 15.8. The van der Waals surface area contributed by atoms with Crippen LogP contribution in [-0.2, 0) is 16.1 Å². The molecule has 0 unspecified atom stereocenters. The van der Waals surface area contributed by atoms with E-state index in [4.69, 9.17) is 10.8 Å². The number of carbonyl (C=O) groups excluding carboxylic acids is 2. The van der Waals surface area contributed by atoms with E-state index in [9.17, 15) is 14.4 Å². The number of urea groups is 1. The van der Waals surface area contributed by atoms with Crippen LogP contribution >= 0.6 is 0 Å². The van der Waals surface area contributed by atoms with Crippen molar-refractivity contribution >= 4 is 17.9 Å². The van der Waals surface area contributed by atoms with Crippen LogP contribution in [0.25, 0.3) is 0 Å². The third kappa shape index (κ3) is 5.47. The minimum absolute atomic E-state index is 0.227. The lowest BCUT2D eigenvalue weighted by Crippen LogP contribution is -2.48. The van der Waals surface area contributed by atoms with Gasteiger partial charge in [-0.25, -0.2) is 4.79 Å². The van der Waals surface area contributed by atoms with Crippen molar-refractivity contribution in [3.8, 4) is 0 Å². The van der Waals surface area contributed by atoms with Gasteiger partial charge in [-0.1, -0.05) is 6.07 Å². The van der Waals surface area contributed by atoms with Crippen LogP contribution in [0.1, 0.15) is 12.6 Å². The highest BCUT2D eigenvalue weighted by atomic mass is 16.4. The van der Waals surface area contributed by atoms with Gasteiger partial charge in [-0.05, 0) is 19.1 Å². The second-order valence-corrected chi connectivity index (χ2v) is 4.33. The summed E-state index contributed by atoms with van der Waals surface area (Å²) in [5, 5.41) is 8.81. The van der Waals surface area contributed by atoms with E-state index in [1.165, 1.54) is 4.90 Å². The first-order valence-electron chi connectivity index (χ1n) is 6.38. The van der Waals surface area contributed by atoms with Crippen molar-refractivity contribution in [2.24, 2.45) is 5.73 Å².